The Morgan fingerprint density at radius 2 is 1.97 bits per heavy atom. The van der Waals surface area contributed by atoms with E-state index in [0.29, 0.717) is 11.6 Å². The summed E-state index contributed by atoms with van der Waals surface area (Å²) >= 11 is 0. The minimum absolute atomic E-state index is 0.0188. The third kappa shape index (κ3) is 5.76. The molecule has 9 nitrogen and oxygen atoms in total. The molecule has 1 heterocycles. The molecule has 1 aliphatic heterocycles. The molecule has 31 heavy (non-hydrogen) atoms. The molecule has 0 radical (unpaired) electrons. The number of aromatic carboxylic acids is 1. The molecular formula is C21H32BN3O6. The molecule has 170 valence electrons. The maximum atomic E-state index is 12.9. The van der Waals surface area contributed by atoms with E-state index in [1.165, 1.54) is 6.07 Å². The average Bonchev–Trinajstić information content (AvgIpc) is 2.75. The highest BCUT2D eigenvalue weighted by Gasteiger charge is 2.40. The van der Waals surface area contributed by atoms with E-state index in [1.807, 2.05) is 7.05 Å². The van der Waals surface area contributed by atoms with E-state index in [2.05, 4.69) is 16.0 Å². The van der Waals surface area contributed by atoms with Gasteiger partial charge in [-0.25, -0.2) is 4.79 Å². The van der Waals surface area contributed by atoms with Crippen LogP contribution in [0, 0.1) is 11.8 Å². The summed E-state index contributed by atoms with van der Waals surface area (Å²) in [5, 5.41) is 39.0. The number of amides is 1. The lowest BCUT2D eigenvalue weighted by Crippen LogP contribution is -2.55. The van der Waals surface area contributed by atoms with Crippen LogP contribution in [-0.4, -0.2) is 73.0 Å². The summed E-state index contributed by atoms with van der Waals surface area (Å²) in [6, 6.07) is 5.18. The monoisotopic (exact) mass is 433 g/mol. The number of hydrogen-bond donors (Lipinski definition) is 6. The smallest absolute Gasteiger partial charge is 0.534 e. The van der Waals surface area contributed by atoms with Crippen LogP contribution in [-0.2, 0) is 11.2 Å². The number of nitrogens with one attached hydrogen (secondary N) is 3. The van der Waals surface area contributed by atoms with Crippen molar-refractivity contribution in [2.24, 2.45) is 11.8 Å². The molecule has 0 bridgehead atoms. The Balaban J connectivity index is 1.57. The molecule has 10 heteroatoms. The van der Waals surface area contributed by atoms with E-state index in [1.54, 1.807) is 12.1 Å². The molecule has 1 fully saturated rings. The first-order chi connectivity index (χ1) is 14.9. The van der Waals surface area contributed by atoms with E-state index in [-0.39, 0.29) is 36.2 Å². The summed E-state index contributed by atoms with van der Waals surface area (Å²) < 4.78 is 5.44. The van der Waals surface area contributed by atoms with E-state index >= 15 is 0 Å². The number of aliphatic hydroxyl groups excluding tert-OH is 1. The zero-order valence-electron chi connectivity index (χ0n) is 17.8. The second kappa shape index (κ2) is 10.9. The predicted molar refractivity (Wildman–Crippen MR) is 116 cm³/mol. The molecule has 1 saturated carbocycles. The largest absolute Gasteiger partial charge is 0.547 e. The molecule has 2 aliphatic rings. The Morgan fingerprint density at radius 3 is 2.61 bits per heavy atom. The fraction of sp³-hybridized carbons (Fsp3) is 0.619. The molecule has 1 aromatic rings. The molecule has 0 saturated heterocycles. The van der Waals surface area contributed by atoms with Gasteiger partial charge in [0, 0.05) is 19.1 Å². The van der Waals surface area contributed by atoms with Gasteiger partial charge in [0.2, 0.25) is 5.91 Å². The molecule has 0 aromatic heterocycles. The van der Waals surface area contributed by atoms with Crippen LogP contribution < -0.4 is 20.6 Å². The number of para-hydroxylation sites is 1. The highest BCUT2D eigenvalue weighted by Crippen LogP contribution is 2.32. The van der Waals surface area contributed by atoms with Crippen molar-refractivity contribution in [2.75, 3.05) is 26.7 Å². The third-order valence-corrected chi connectivity index (χ3v) is 6.36. The minimum atomic E-state index is -1.36. The number of aliphatic hydroxyl groups is 1. The summed E-state index contributed by atoms with van der Waals surface area (Å²) in [6.07, 6.45) is 3.87. The van der Waals surface area contributed by atoms with Gasteiger partial charge in [-0.15, -0.1) is 0 Å². The SMILES string of the molecule is CNCCNC1CCC(C(CO)C(=O)NC2Cc3cccc(C(=O)O)c3OB2O)CC1. The number of carbonyl (C=O) groups excluding carboxylic acids is 1. The van der Waals surface area contributed by atoms with Gasteiger partial charge >= 0.3 is 13.1 Å². The van der Waals surface area contributed by atoms with Crippen molar-refractivity contribution < 1.29 is 29.5 Å². The molecule has 2 unspecified atom stereocenters. The first kappa shape index (κ1) is 23.5. The summed E-state index contributed by atoms with van der Waals surface area (Å²) in [7, 11) is 0.560. The van der Waals surface area contributed by atoms with Gasteiger partial charge in [0.15, 0.2) is 0 Å². The molecular weight excluding hydrogens is 401 g/mol. The maximum Gasteiger partial charge on any atom is 0.547 e. The number of rotatable bonds is 9. The van der Waals surface area contributed by atoms with Crippen molar-refractivity contribution in [3.63, 3.8) is 0 Å². The van der Waals surface area contributed by atoms with Gasteiger partial charge in [-0.05, 0) is 56.7 Å². The molecule has 1 aliphatic carbocycles. The van der Waals surface area contributed by atoms with Gasteiger partial charge in [0.1, 0.15) is 5.75 Å². The lowest BCUT2D eigenvalue weighted by atomic mass is 9.71. The number of carboxylic acids is 1. The van der Waals surface area contributed by atoms with Crippen LogP contribution in [0.3, 0.4) is 0 Å². The van der Waals surface area contributed by atoms with Crippen LogP contribution >= 0.6 is 0 Å². The summed E-state index contributed by atoms with van der Waals surface area (Å²) in [5.41, 5.74) is 0.596. The molecule has 3 rings (SSSR count). The van der Waals surface area contributed by atoms with Crippen molar-refractivity contribution in [3.8, 4) is 5.75 Å². The highest BCUT2D eigenvalue weighted by atomic mass is 16.5. The van der Waals surface area contributed by atoms with Gasteiger partial charge in [-0.2, -0.15) is 0 Å². The zero-order chi connectivity index (χ0) is 22.4. The zero-order valence-corrected chi connectivity index (χ0v) is 17.8. The van der Waals surface area contributed by atoms with E-state index in [4.69, 9.17) is 4.65 Å². The molecule has 1 aromatic carbocycles. The number of carboxylic acid groups (broad SMARTS) is 1. The quantitative estimate of drug-likeness (QED) is 0.233. The van der Waals surface area contributed by atoms with Crippen molar-refractivity contribution in [1.29, 1.82) is 0 Å². The van der Waals surface area contributed by atoms with Crippen molar-refractivity contribution in [2.45, 2.75) is 44.1 Å². The van der Waals surface area contributed by atoms with E-state index in [9.17, 15) is 24.8 Å². The number of benzene rings is 1. The Bertz CT molecular complexity index is 771. The summed E-state index contributed by atoms with van der Waals surface area (Å²) in [5.74, 6) is -2.48. The second-order valence-corrected chi connectivity index (χ2v) is 8.39. The Labute approximate surface area is 182 Å². The fourth-order valence-corrected chi connectivity index (χ4v) is 4.58. The Morgan fingerprint density at radius 1 is 1.23 bits per heavy atom. The van der Waals surface area contributed by atoms with Crippen LogP contribution in [0.2, 0.25) is 0 Å². The van der Waals surface area contributed by atoms with Gasteiger partial charge in [0.05, 0.1) is 24.0 Å². The van der Waals surface area contributed by atoms with Crippen LogP contribution in [0.4, 0.5) is 0 Å². The topological polar surface area (TPSA) is 140 Å². The molecule has 2 atom stereocenters. The normalized spacial score (nSPS) is 24.1. The van der Waals surface area contributed by atoms with Crippen LogP contribution in [0.5, 0.6) is 5.75 Å². The van der Waals surface area contributed by atoms with Gasteiger partial charge in [-0.3, -0.25) is 4.79 Å². The summed E-state index contributed by atoms with van der Waals surface area (Å²) in [6.45, 7) is 1.56. The number of carbonyl (C=O) groups is 2. The van der Waals surface area contributed by atoms with Gasteiger partial charge in [0.25, 0.3) is 0 Å². The van der Waals surface area contributed by atoms with Gasteiger partial charge in [-0.1, -0.05) is 12.1 Å². The van der Waals surface area contributed by atoms with Crippen LogP contribution in [0.15, 0.2) is 18.2 Å². The Kier molecular flexibility index (Phi) is 8.31. The molecule has 0 spiro atoms. The van der Waals surface area contributed by atoms with Crippen molar-refractivity contribution in [3.05, 3.63) is 29.3 Å². The Hall–Kier alpha value is -2.14. The van der Waals surface area contributed by atoms with Crippen molar-refractivity contribution >= 4 is 19.0 Å². The summed E-state index contributed by atoms with van der Waals surface area (Å²) in [4.78, 5) is 24.3. The average molecular weight is 433 g/mol. The maximum absolute atomic E-state index is 12.9. The second-order valence-electron chi connectivity index (χ2n) is 8.39. The predicted octanol–water partition coefficient (Wildman–Crippen LogP) is -0.199. The number of hydrogen-bond acceptors (Lipinski definition) is 7. The van der Waals surface area contributed by atoms with Crippen LogP contribution in [0.25, 0.3) is 0 Å². The highest BCUT2D eigenvalue weighted by molar-refractivity contribution is 6.47. The van der Waals surface area contributed by atoms with Crippen molar-refractivity contribution in [1.82, 2.24) is 16.0 Å². The standard InChI is InChI=1S/C21H32BN3O6/c1-23-9-10-24-15-7-5-13(6-8-15)17(12-26)20(27)25-18-11-14-3-2-4-16(21(28)29)19(14)31-22(18)30/h2-4,13,15,17-18,23-24,26,30H,5-12H2,1H3,(H,25,27)(H,28,29). The fourth-order valence-electron chi connectivity index (χ4n) is 4.58. The van der Waals surface area contributed by atoms with Crippen LogP contribution in [0.1, 0.15) is 41.6 Å². The minimum Gasteiger partial charge on any atom is -0.534 e. The molecule has 1 amide bonds. The lowest BCUT2D eigenvalue weighted by Gasteiger charge is -2.34. The number of likely N-dealkylation sites (N-methyl/N-ethyl adjacent to an activating group) is 1. The lowest BCUT2D eigenvalue weighted by molar-refractivity contribution is -0.129. The van der Waals surface area contributed by atoms with Gasteiger partial charge < -0.3 is 35.8 Å². The van der Waals surface area contributed by atoms with E-state index in [0.717, 1.165) is 38.8 Å². The first-order valence-corrected chi connectivity index (χ1v) is 10.9. The first-order valence-electron chi connectivity index (χ1n) is 10.9. The third-order valence-electron chi connectivity index (χ3n) is 6.36. The number of fused-ring (bicyclic) bond motifs is 1. The van der Waals surface area contributed by atoms with E-state index < -0.39 is 24.9 Å². The molecule has 6 N–H and O–H groups in total.